The summed E-state index contributed by atoms with van der Waals surface area (Å²) in [5.41, 5.74) is 1.85. The molecule has 1 aromatic heterocycles. The van der Waals surface area contributed by atoms with E-state index in [0.29, 0.717) is 13.0 Å². The Kier molecular flexibility index (Phi) is 6.65. The molecule has 0 unspecified atom stereocenters. The third-order valence-corrected chi connectivity index (χ3v) is 6.40. The number of hydrogen-bond donors (Lipinski definition) is 0. The first-order valence-corrected chi connectivity index (χ1v) is 11.4. The number of carbonyl (C=O) groups excluding carboxylic acids is 2. The van der Waals surface area contributed by atoms with Crippen LogP contribution in [0, 0.1) is 11.2 Å². The van der Waals surface area contributed by atoms with Crippen molar-refractivity contribution in [1.29, 1.82) is 0 Å². The Balaban J connectivity index is 1.87. The van der Waals surface area contributed by atoms with Crippen molar-refractivity contribution < 1.29 is 14.0 Å². The standard InChI is InChI=1S/C24H31FN2O2S/c1-16(2)27(21(28)14-24(3,4)5)15-22(29)26-12-10-20-19(11-13-30-20)23(26)17-6-8-18(25)9-7-17/h6-9,11,13,16,23H,10,12,14-15H2,1-5H3/t23-/m1/s1. The fourth-order valence-corrected chi connectivity index (χ4v) is 4.84. The van der Waals surface area contributed by atoms with Gasteiger partial charge in [-0.3, -0.25) is 9.59 Å². The monoisotopic (exact) mass is 430 g/mol. The third-order valence-electron chi connectivity index (χ3n) is 5.40. The summed E-state index contributed by atoms with van der Waals surface area (Å²) < 4.78 is 13.5. The average molecular weight is 431 g/mol. The molecule has 30 heavy (non-hydrogen) atoms. The molecule has 1 aliphatic heterocycles. The zero-order chi connectivity index (χ0) is 22.1. The van der Waals surface area contributed by atoms with Gasteiger partial charge in [-0.05, 0) is 60.4 Å². The van der Waals surface area contributed by atoms with Crippen LogP contribution in [0.1, 0.15) is 63.1 Å². The number of amides is 2. The van der Waals surface area contributed by atoms with Crippen molar-refractivity contribution in [2.24, 2.45) is 5.41 Å². The summed E-state index contributed by atoms with van der Waals surface area (Å²) in [5.74, 6) is -0.369. The fraction of sp³-hybridized carbons (Fsp3) is 0.500. The Bertz CT molecular complexity index is 899. The minimum Gasteiger partial charge on any atom is -0.331 e. The summed E-state index contributed by atoms with van der Waals surface area (Å²) in [6.45, 7) is 10.6. The Morgan fingerprint density at radius 3 is 2.47 bits per heavy atom. The van der Waals surface area contributed by atoms with Gasteiger partial charge in [0.2, 0.25) is 11.8 Å². The Morgan fingerprint density at radius 2 is 1.87 bits per heavy atom. The van der Waals surface area contributed by atoms with Crippen molar-refractivity contribution in [2.75, 3.05) is 13.1 Å². The zero-order valence-corrected chi connectivity index (χ0v) is 19.3. The number of nitrogens with zero attached hydrogens (tertiary/aromatic N) is 2. The molecule has 3 rings (SSSR count). The molecule has 0 fully saturated rings. The molecule has 1 aliphatic rings. The maximum atomic E-state index is 13.5. The van der Waals surface area contributed by atoms with E-state index in [1.807, 2.05) is 44.9 Å². The summed E-state index contributed by atoms with van der Waals surface area (Å²) >= 11 is 1.69. The van der Waals surface area contributed by atoms with Gasteiger partial charge in [0.05, 0.1) is 6.04 Å². The number of hydrogen-bond acceptors (Lipinski definition) is 3. The van der Waals surface area contributed by atoms with Crippen LogP contribution in [0.2, 0.25) is 0 Å². The minimum absolute atomic E-state index is 0.00239. The lowest BCUT2D eigenvalue weighted by Crippen LogP contribution is -2.49. The molecule has 2 aromatic rings. The van der Waals surface area contributed by atoms with Gasteiger partial charge < -0.3 is 9.80 Å². The smallest absolute Gasteiger partial charge is 0.243 e. The van der Waals surface area contributed by atoms with E-state index >= 15 is 0 Å². The molecule has 0 bridgehead atoms. The largest absolute Gasteiger partial charge is 0.331 e. The van der Waals surface area contributed by atoms with E-state index in [-0.39, 0.29) is 41.7 Å². The number of thiophene rings is 1. The van der Waals surface area contributed by atoms with E-state index in [2.05, 4.69) is 6.07 Å². The van der Waals surface area contributed by atoms with Gasteiger partial charge in [0, 0.05) is 23.9 Å². The van der Waals surface area contributed by atoms with E-state index in [4.69, 9.17) is 0 Å². The van der Waals surface area contributed by atoms with Gasteiger partial charge in [-0.15, -0.1) is 11.3 Å². The Morgan fingerprint density at radius 1 is 1.20 bits per heavy atom. The number of halogens is 1. The predicted octanol–water partition coefficient (Wildman–Crippen LogP) is 5.03. The van der Waals surface area contributed by atoms with Gasteiger partial charge in [0.15, 0.2) is 0 Å². The Labute approximate surface area is 182 Å². The van der Waals surface area contributed by atoms with Crippen LogP contribution in [0.15, 0.2) is 35.7 Å². The predicted molar refractivity (Wildman–Crippen MR) is 119 cm³/mol. The summed E-state index contributed by atoms with van der Waals surface area (Å²) in [7, 11) is 0. The van der Waals surface area contributed by atoms with Crippen LogP contribution in [0.5, 0.6) is 0 Å². The highest BCUT2D eigenvalue weighted by Gasteiger charge is 2.34. The second kappa shape index (κ2) is 8.88. The molecule has 2 amide bonds. The molecule has 1 atom stereocenters. The molecule has 0 saturated heterocycles. The van der Waals surface area contributed by atoms with Crippen molar-refractivity contribution in [2.45, 2.75) is 59.5 Å². The summed E-state index contributed by atoms with van der Waals surface area (Å²) in [6, 6.07) is 8.11. The van der Waals surface area contributed by atoms with Gasteiger partial charge in [0.25, 0.3) is 0 Å². The molecule has 162 valence electrons. The van der Waals surface area contributed by atoms with Gasteiger partial charge in [-0.1, -0.05) is 32.9 Å². The number of benzene rings is 1. The Hall–Kier alpha value is -2.21. The normalized spacial score (nSPS) is 16.5. The highest BCUT2D eigenvalue weighted by molar-refractivity contribution is 7.10. The lowest BCUT2D eigenvalue weighted by atomic mass is 9.91. The molecule has 6 heteroatoms. The van der Waals surface area contributed by atoms with Gasteiger partial charge in [-0.25, -0.2) is 4.39 Å². The van der Waals surface area contributed by atoms with Crippen molar-refractivity contribution in [3.63, 3.8) is 0 Å². The van der Waals surface area contributed by atoms with Crippen LogP contribution in [0.4, 0.5) is 4.39 Å². The van der Waals surface area contributed by atoms with E-state index in [0.717, 1.165) is 17.5 Å². The fourth-order valence-electron chi connectivity index (χ4n) is 3.94. The van der Waals surface area contributed by atoms with E-state index in [9.17, 15) is 14.0 Å². The lowest BCUT2D eigenvalue weighted by Gasteiger charge is -2.38. The van der Waals surface area contributed by atoms with Crippen LogP contribution in [-0.2, 0) is 16.0 Å². The molecule has 2 heterocycles. The molecule has 4 nitrogen and oxygen atoms in total. The molecule has 0 radical (unpaired) electrons. The van der Waals surface area contributed by atoms with Gasteiger partial charge in [0.1, 0.15) is 12.4 Å². The summed E-state index contributed by atoms with van der Waals surface area (Å²) in [5, 5.41) is 2.04. The highest BCUT2D eigenvalue weighted by Crippen LogP contribution is 2.38. The van der Waals surface area contributed by atoms with Gasteiger partial charge in [-0.2, -0.15) is 0 Å². The summed E-state index contributed by atoms with van der Waals surface area (Å²) in [6.07, 6.45) is 1.20. The summed E-state index contributed by atoms with van der Waals surface area (Å²) in [4.78, 5) is 31.1. The SMILES string of the molecule is CC(C)N(CC(=O)N1CCc2sccc2[C@H]1c1ccc(F)cc1)C(=O)CC(C)(C)C. The van der Waals surface area contributed by atoms with Gasteiger partial charge >= 0.3 is 0 Å². The van der Waals surface area contributed by atoms with Crippen LogP contribution >= 0.6 is 11.3 Å². The second-order valence-electron chi connectivity index (χ2n) is 9.44. The quantitative estimate of drug-likeness (QED) is 0.667. The van der Waals surface area contributed by atoms with Crippen LogP contribution in [0.25, 0.3) is 0 Å². The van der Waals surface area contributed by atoms with Crippen molar-refractivity contribution in [1.82, 2.24) is 9.80 Å². The molecule has 0 spiro atoms. The highest BCUT2D eigenvalue weighted by atomic mass is 32.1. The zero-order valence-electron chi connectivity index (χ0n) is 18.4. The topological polar surface area (TPSA) is 40.6 Å². The first kappa shape index (κ1) is 22.5. The first-order valence-electron chi connectivity index (χ1n) is 10.5. The maximum absolute atomic E-state index is 13.5. The minimum atomic E-state index is -0.295. The van der Waals surface area contributed by atoms with E-state index < -0.39 is 0 Å². The number of carbonyl (C=O) groups is 2. The second-order valence-corrected chi connectivity index (χ2v) is 10.4. The van der Waals surface area contributed by atoms with E-state index in [1.165, 1.54) is 17.0 Å². The molecule has 0 aliphatic carbocycles. The molecule has 0 N–H and O–H groups in total. The van der Waals surface area contributed by atoms with Crippen molar-refractivity contribution >= 4 is 23.2 Å². The first-order chi connectivity index (χ1) is 14.1. The average Bonchev–Trinajstić information content (AvgIpc) is 3.13. The van der Waals surface area contributed by atoms with Crippen LogP contribution in [-0.4, -0.2) is 40.7 Å². The van der Waals surface area contributed by atoms with Crippen molar-refractivity contribution in [3.05, 3.63) is 57.5 Å². The number of fused-ring (bicyclic) bond motifs is 1. The molecule has 0 saturated carbocycles. The maximum Gasteiger partial charge on any atom is 0.243 e. The third kappa shape index (κ3) is 5.09. The van der Waals surface area contributed by atoms with E-state index in [1.54, 1.807) is 28.4 Å². The molecular weight excluding hydrogens is 399 g/mol. The lowest BCUT2D eigenvalue weighted by molar-refractivity contribution is -0.144. The van der Waals surface area contributed by atoms with Crippen molar-refractivity contribution in [3.8, 4) is 0 Å². The van der Waals surface area contributed by atoms with Crippen LogP contribution < -0.4 is 0 Å². The molecule has 1 aromatic carbocycles. The van der Waals surface area contributed by atoms with Crippen LogP contribution in [0.3, 0.4) is 0 Å². The molecular formula is C24H31FN2O2S. The number of rotatable bonds is 5.